The number of carbonyl (C=O) groups is 2. The number of aryl methyl sites for hydroxylation is 1. The molecule has 2 aromatic rings. The number of hydrogen-bond acceptors (Lipinski definition) is 5. The first-order valence-corrected chi connectivity index (χ1v) is 10.7. The van der Waals surface area contributed by atoms with Crippen LogP contribution in [0.15, 0.2) is 27.4 Å². The van der Waals surface area contributed by atoms with Crippen molar-refractivity contribution in [2.45, 2.75) is 58.0 Å². The Kier molecular flexibility index (Phi) is 5.79. The Bertz CT molecular complexity index is 1020. The molecule has 1 aromatic carbocycles. The molecule has 0 saturated heterocycles. The predicted octanol–water partition coefficient (Wildman–Crippen LogP) is 3.06. The molecule has 7 heteroatoms. The van der Waals surface area contributed by atoms with E-state index in [-0.39, 0.29) is 17.5 Å². The van der Waals surface area contributed by atoms with E-state index in [0.717, 1.165) is 48.6 Å². The molecular weight excluding hydrogens is 386 g/mol. The molecule has 0 unspecified atom stereocenters. The largest absolute Gasteiger partial charge is 0.481 e. The van der Waals surface area contributed by atoms with Crippen molar-refractivity contribution in [2.24, 2.45) is 11.8 Å². The number of fused-ring (bicyclic) bond motifs is 3. The highest BCUT2D eigenvalue weighted by Crippen LogP contribution is 2.30. The van der Waals surface area contributed by atoms with Crippen LogP contribution in [0.3, 0.4) is 0 Å². The van der Waals surface area contributed by atoms with Crippen LogP contribution >= 0.6 is 0 Å². The summed E-state index contributed by atoms with van der Waals surface area (Å²) in [5.74, 6) is -0.420. The van der Waals surface area contributed by atoms with Crippen LogP contribution in [-0.2, 0) is 22.4 Å². The van der Waals surface area contributed by atoms with E-state index >= 15 is 0 Å². The van der Waals surface area contributed by atoms with Gasteiger partial charge in [0.1, 0.15) is 11.3 Å². The number of amides is 1. The van der Waals surface area contributed by atoms with Crippen LogP contribution in [0.1, 0.15) is 50.2 Å². The van der Waals surface area contributed by atoms with Crippen LogP contribution in [0.5, 0.6) is 5.75 Å². The number of carboxylic acid groups (broad SMARTS) is 1. The van der Waals surface area contributed by atoms with Crippen LogP contribution < -0.4 is 15.7 Å². The molecular formula is C23H27NO6. The minimum Gasteiger partial charge on any atom is -0.481 e. The van der Waals surface area contributed by atoms with E-state index in [1.54, 1.807) is 19.1 Å². The molecule has 1 atom stereocenters. The van der Waals surface area contributed by atoms with Gasteiger partial charge in [-0.3, -0.25) is 9.59 Å². The van der Waals surface area contributed by atoms with Gasteiger partial charge in [0.2, 0.25) is 0 Å². The summed E-state index contributed by atoms with van der Waals surface area (Å²) in [6, 6.07) is 5.37. The van der Waals surface area contributed by atoms with E-state index in [4.69, 9.17) is 14.3 Å². The molecule has 1 amide bonds. The average molecular weight is 413 g/mol. The number of nitrogens with one attached hydrogen (secondary N) is 1. The molecule has 1 aromatic heterocycles. The van der Waals surface area contributed by atoms with Crippen molar-refractivity contribution < 1.29 is 23.8 Å². The second kappa shape index (κ2) is 8.50. The number of carbonyl (C=O) groups excluding carboxylic acids is 1. The average Bonchev–Trinajstić information content (AvgIpc) is 3.23. The van der Waals surface area contributed by atoms with Gasteiger partial charge in [0, 0.05) is 23.6 Å². The van der Waals surface area contributed by atoms with Crippen LogP contribution in [0.25, 0.3) is 11.0 Å². The third kappa shape index (κ3) is 4.20. The smallest absolute Gasteiger partial charge is 0.339 e. The SMILES string of the molecule is C[C@@H](Oc1ccc2c3c(c(=O)oc2c1)CCC3)C(=O)NCC1CCC(C(=O)O)CC1. The van der Waals surface area contributed by atoms with Crippen molar-refractivity contribution in [1.82, 2.24) is 5.32 Å². The Morgan fingerprint density at radius 3 is 2.67 bits per heavy atom. The highest BCUT2D eigenvalue weighted by molar-refractivity contribution is 5.84. The molecule has 1 fully saturated rings. The second-order valence-electron chi connectivity index (χ2n) is 8.42. The molecule has 1 saturated carbocycles. The lowest BCUT2D eigenvalue weighted by molar-refractivity contribution is -0.143. The van der Waals surface area contributed by atoms with Gasteiger partial charge >= 0.3 is 11.6 Å². The van der Waals surface area contributed by atoms with Crippen LogP contribution in [-0.4, -0.2) is 29.6 Å². The van der Waals surface area contributed by atoms with Gasteiger partial charge in [-0.05, 0) is 75.5 Å². The number of hydrogen-bond donors (Lipinski definition) is 2. The lowest BCUT2D eigenvalue weighted by atomic mass is 9.82. The van der Waals surface area contributed by atoms with Crippen LogP contribution in [0.4, 0.5) is 0 Å². The lowest BCUT2D eigenvalue weighted by Gasteiger charge is -2.26. The standard InChI is InChI=1S/C23H27NO6/c1-13(21(25)24-12-14-5-7-15(8-6-14)22(26)27)29-16-9-10-18-17-3-2-4-19(17)23(28)30-20(18)11-16/h9-11,13-15H,2-8,12H2,1H3,(H,24,25)(H,26,27)/t13-,14?,15?/m1/s1. The Labute approximate surface area is 174 Å². The van der Waals surface area contributed by atoms with Gasteiger partial charge < -0.3 is 19.6 Å². The topological polar surface area (TPSA) is 106 Å². The van der Waals surface area contributed by atoms with Crippen LogP contribution in [0, 0.1) is 11.8 Å². The molecule has 0 radical (unpaired) electrons. The van der Waals surface area contributed by atoms with Crippen molar-refractivity contribution in [3.05, 3.63) is 39.7 Å². The zero-order chi connectivity index (χ0) is 21.3. The summed E-state index contributed by atoms with van der Waals surface area (Å²) >= 11 is 0. The molecule has 0 aliphatic heterocycles. The Morgan fingerprint density at radius 1 is 1.20 bits per heavy atom. The number of aliphatic carboxylic acids is 1. The van der Waals surface area contributed by atoms with Crippen molar-refractivity contribution in [3.8, 4) is 5.75 Å². The van der Waals surface area contributed by atoms with Crippen molar-refractivity contribution in [2.75, 3.05) is 6.54 Å². The Hall–Kier alpha value is -2.83. The Morgan fingerprint density at radius 2 is 1.93 bits per heavy atom. The summed E-state index contributed by atoms with van der Waals surface area (Å²) < 4.78 is 11.2. The maximum atomic E-state index is 12.4. The fourth-order valence-corrected chi connectivity index (χ4v) is 4.60. The summed E-state index contributed by atoms with van der Waals surface area (Å²) in [4.78, 5) is 35.6. The highest BCUT2D eigenvalue weighted by Gasteiger charge is 2.27. The van der Waals surface area contributed by atoms with Crippen molar-refractivity contribution in [1.29, 1.82) is 0 Å². The van der Waals surface area contributed by atoms with E-state index in [2.05, 4.69) is 5.32 Å². The molecule has 30 heavy (non-hydrogen) atoms. The van der Waals surface area contributed by atoms with Gasteiger partial charge in [0.25, 0.3) is 5.91 Å². The third-order valence-electron chi connectivity index (χ3n) is 6.39. The first-order chi connectivity index (χ1) is 14.4. The van der Waals surface area contributed by atoms with Gasteiger partial charge in [0.15, 0.2) is 6.10 Å². The monoisotopic (exact) mass is 413 g/mol. The van der Waals surface area contributed by atoms with E-state index < -0.39 is 12.1 Å². The van der Waals surface area contributed by atoms with Crippen molar-refractivity contribution >= 4 is 22.8 Å². The Balaban J connectivity index is 1.34. The maximum absolute atomic E-state index is 12.4. The predicted molar refractivity (Wildman–Crippen MR) is 111 cm³/mol. The van der Waals surface area contributed by atoms with Gasteiger partial charge in [-0.1, -0.05) is 0 Å². The molecule has 160 valence electrons. The first-order valence-electron chi connectivity index (χ1n) is 10.7. The highest BCUT2D eigenvalue weighted by atomic mass is 16.5. The summed E-state index contributed by atoms with van der Waals surface area (Å²) in [5, 5.41) is 12.9. The summed E-state index contributed by atoms with van der Waals surface area (Å²) in [6.45, 7) is 2.21. The van der Waals surface area contributed by atoms with E-state index in [1.807, 2.05) is 6.07 Å². The minimum atomic E-state index is -0.726. The molecule has 1 heterocycles. The number of carboxylic acids is 1. The fourth-order valence-electron chi connectivity index (χ4n) is 4.60. The van der Waals surface area contributed by atoms with Gasteiger partial charge in [-0.25, -0.2) is 4.79 Å². The molecule has 7 nitrogen and oxygen atoms in total. The molecule has 2 aliphatic carbocycles. The van der Waals surface area contributed by atoms with E-state index in [0.29, 0.717) is 36.6 Å². The van der Waals surface area contributed by atoms with Gasteiger partial charge in [-0.15, -0.1) is 0 Å². The lowest BCUT2D eigenvalue weighted by Crippen LogP contribution is -2.39. The first kappa shape index (κ1) is 20.4. The molecule has 0 spiro atoms. The van der Waals surface area contributed by atoms with Gasteiger partial charge in [-0.2, -0.15) is 0 Å². The van der Waals surface area contributed by atoms with E-state index in [1.165, 1.54) is 0 Å². The zero-order valence-electron chi connectivity index (χ0n) is 17.1. The zero-order valence-corrected chi connectivity index (χ0v) is 17.1. The maximum Gasteiger partial charge on any atom is 0.339 e. The molecule has 2 aliphatic rings. The van der Waals surface area contributed by atoms with E-state index in [9.17, 15) is 14.4 Å². The molecule has 0 bridgehead atoms. The number of ether oxygens (including phenoxy) is 1. The summed E-state index contributed by atoms with van der Waals surface area (Å²) in [5.41, 5.74) is 2.05. The fraction of sp³-hybridized carbons (Fsp3) is 0.522. The number of benzene rings is 1. The van der Waals surface area contributed by atoms with Crippen LogP contribution in [0.2, 0.25) is 0 Å². The summed E-state index contributed by atoms with van der Waals surface area (Å²) in [6.07, 6.45) is 4.85. The quantitative estimate of drug-likeness (QED) is 0.705. The third-order valence-corrected chi connectivity index (χ3v) is 6.39. The number of rotatable bonds is 6. The molecule has 4 rings (SSSR count). The van der Waals surface area contributed by atoms with Crippen molar-refractivity contribution in [3.63, 3.8) is 0 Å². The second-order valence-corrected chi connectivity index (χ2v) is 8.42. The summed E-state index contributed by atoms with van der Waals surface area (Å²) in [7, 11) is 0. The normalized spacial score (nSPS) is 21.8. The minimum absolute atomic E-state index is 0.217. The molecule has 2 N–H and O–H groups in total. The van der Waals surface area contributed by atoms with Gasteiger partial charge in [0.05, 0.1) is 5.92 Å².